The van der Waals surface area contributed by atoms with Gasteiger partial charge in [-0.1, -0.05) is 11.6 Å². The number of halogens is 1. The minimum absolute atomic E-state index is 0.575. The third kappa shape index (κ3) is 2.62. The summed E-state index contributed by atoms with van der Waals surface area (Å²) in [6.45, 7) is 5.37. The average Bonchev–Trinajstić information content (AvgIpc) is 2.68. The highest BCUT2D eigenvalue weighted by atomic mass is 35.5. The molecule has 0 spiro atoms. The lowest BCUT2D eigenvalue weighted by molar-refractivity contribution is 0.435. The Bertz CT molecular complexity index is 309. The molecule has 1 unspecified atom stereocenters. The largest absolute Gasteiger partial charge is 0.344 e. The molecule has 1 atom stereocenters. The number of nitrogens with zero attached hydrogens (tertiary/aromatic N) is 2. The standard InChI is InChI=1S/C10H16ClN3S/c1-2-14(8-4-3-5-12-6-8)10-13-9(11)7-15-10/h7-8,12H,2-6H2,1H3. The van der Waals surface area contributed by atoms with Gasteiger partial charge in [0.15, 0.2) is 5.13 Å². The number of hydrogen-bond acceptors (Lipinski definition) is 4. The first-order chi connectivity index (χ1) is 7.31. The maximum Gasteiger partial charge on any atom is 0.187 e. The Morgan fingerprint density at radius 2 is 2.60 bits per heavy atom. The number of rotatable bonds is 3. The third-order valence-electron chi connectivity index (χ3n) is 2.76. The summed E-state index contributed by atoms with van der Waals surface area (Å²) < 4.78 is 0. The highest BCUT2D eigenvalue weighted by Crippen LogP contribution is 2.26. The monoisotopic (exact) mass is 245 g/mol. The molecule has 0 saturated carbocycles. The second-order valence-electron chi connectivity index (χ2n) is 3.74. The number of hydrogen-bond donors (Lipinski definition) is 1. The van der Waals surface area contributed by atoms with Crippen LogP contribution in [0.5, 0.6) is 0 Å². The first kappa shape index (κ1) is 11.2. The summed E-state index contributed by atoms with van der Waals surface area (Å²) in [6.07, 6.45) is 2.50. The van der Waals surface area contributed by atoms with Gasteiger partial charge in [0.25, 0.3) is 0 Å². The van der Waals surface area contributed by atoms with Crippen LogP contribution in [0.2, 0.25) is 5.15 Å². The van der Waals surface area contributed by atoms with Crippen molar-refractivity contribution in [3.63, 3.8) is 0 Å². The Labute approximate surface area is 99.5 Å². The summed E-state index contributed by atoms with van der Waals surface area (Å²) in [5, 5.41) is 6.99. The highest BCUT2D eigenvalue weighted by Gasteiger charge is 2.21. The molecule has 1 saturated heterocycles. The Balaban J connectivity index is 2.08. The SMILES string of the molecule is CCN(c1nc(Cl)cs1)C1CCCNC1. The van der Waals surface area contributed by atoms with Crippen LogP contribution >= 0.6 is 22.9 Å². The van der Waals surface area contributed by atoms with Crippen LogP contribution in [-0.2, 0) is 0 Å². The topological polar surface area (TPSA) is 28.2 Å². The van der Waals surface area contributed by atoms with Gasteiger partial charge in [0, 0.05) is 24.5 Å². The van der Waals surface area contributed by atoms with Crippen molar-refractivity contribution in [2.75, 3.05) is 24.5 Å². The molecule has 1 aliphatic rings. The van der Waals surface area contributed by atoms with Gasteiger partial charge in [0.1, 0.15) is 5.15 Å². The van der Waals surface area contributed by atoms with E-state index in [-0.39, 0.29) is 0 Å². The molecular weight excluding hydrogens is 230 g/mol. The molecule has 0 amide bonds. The third-order valence-corrected chi connectivity index (χ3v) is 3.96. The van der Waals surface area contributed by atoms with Crippen LogP contribution in [0.1, 0.15) is 19.8 Å². The number of piperidine rings is 1. The van der Waals surface area contributed by atoms with E-state index in [4.69, 9.17) is 11.6 Å². The van der Waals surface area contributed by atoms with E-state index >= 15 is 0 Å². The van der Waals surface area contributed by atoms with Crippen LogP contribution in [0.25, 0.3) is 0 Å². The van der Waals surface area contributed by atoms with Crippen molar-refractivity contribution in [2.45, 2.75) is 25.8 Å². The molecule has 1 N–H and O–H groups in total. The number of likely N-dealkylation sites (N-methyl/N-ethyl adjacent to an activating group) is 1. The predicted octanol–water partition coefficient (Wildman–Crippen LogP) is 2.37. The predicted molar refractivity (Wildman–Crippen MR) is 66.0 cm³/mol. The van der Waals surface area contributed by atoms with E-state index in [0.717, 1.165) is 24.8 Å². The second-order valence-corrected chi connectivity index (χ2v) is 4.96. The maximum absolute atomic E-state index is 5.86. The fourth-order valence-electron chi connectivity index (χ4n) is 2.03. The van der Waals surface area contributed by atoms with Gasteiger partial charge >= 0.3 is 0 Å². The highest BCUT2D eigenvalue weighted by molar-refractivity contribution is 7.14. The summed E-state index contributed by atoms with van der Waals surface area (Å²) in [5.74, 6) is 0. The zero-order chi connectivity index (χ0) is 10.7. The molecule has 5 heteroatoms. The first-order valence-electron chi connectivity index (χ1n) is 5.39. The van der Waals surface area contributed by atoms with Crippen LogP contribution in [0.4, 0.5) is 5.13 Å². The van der Waals surface area contributed by atoms with Crippen molar-refractivity contribution in [3.8, 4) is 0 Å². The van der Waals surface area contributed by atoms with Crippen molar-refractivity contribution < 1.29 is 0 Å². The number of anilines is 1. The molecule has 0 radical (unpaired) electrons. The molecule has 0 aromatic carbocycles. The molecule has 3 nitrogen and oxygen atoms in total. The molecule has 1 aromatic rings. The number of thiazole rings is 1. The van der Waals surface area contributed by atoms with E-state index < -0.39 is 0 Å². The number of nitrogens with one attached hydrogen (secondary N) is 1. The molecule has 0 aliphatic carbocycles. The van der Waals surface area contributed by atoms with Crippen LogP contribution in [0, 0.1) is 0 Å². The van der Waals surface area contributed by atoms with Gasteiger partial charge in [-0.3, -0.25) is 0 Å². The molecular formula is C10H16ClN3S. The average molecular weight is 246 g/mol. The van der Waals surface area contributed by atoms with Crippen LogP contribution in [0.15, 0.2) is 5.38 Å². The number of aromatic nitrogens is 1. The smallest absolute Gasteiger partial charge is 0.187 e. The molecule has 2 heterocycles. The van der Waals surface area contributed by atoms with Gasteiger partial charge in [-0.25, -0.2) is 4.98 Å². The molecule has 2 rings (SSSR count). The molecule has 0 bridgehead atoms. The lowest BCUT2D eigenvalue weighted by Gasteiger charge is -2.33. The second kappa shape index (κ2) is 5.14. The molecule has 84 valence electrons. The van der Waals surface area contributed by atoms with E-state index in [2.05, 4.69) is 22.1 Å². The van der Waals surface area contributed by atoms with Crippen LogP contribution in [-0.4, -0.2) is 30.7 Å². The summed E-state index contributed by atoms with van der Waals surface area (Å²) in [6, 6.07) is 0.575. The zero-order valence-electron chi connectivity index (χ0n) is 8.87. The summed E-state index contributed by atoms with van der Waals surface area (Å²) in [7, 11) is 0. The molecule has 1 fully saturated rings. The summed E-state index contributed by atoms with van der Waals surface area (Å²) in [4.78, 5) is 6.69. The fourth-order valence-corrected chi connectivity index (χ4v) is 3.11. The zero-order valence-corrected chi connectivity index (χ0v) is 10.4. The quantitative estimate of drug-likeness (QED) is 0.886. The van der Waals surface area contributed by atoms with E-state index in [1.165, 1.54) is 12.8 Å². The molecule has 1 aliphatic heterocycles. The Kier molecular flexibility index (Phi) is 3.83. The van der Waals surface area contributed by atoms with E-state index in [9.17, 15) is 0 Å². The first-order valence-corrected chi connectivity index (χ1v) is 6.65. The van der Waals surface area contributed by atoms with Gasteiger partial charge in [-0.2, -0.15) is 0 Å². The molecule has 15 heavy (non-hydrogen) atoms. The van der Waals surface area contributed by atoms with E-state index in [1.54, 1.807) is 11.3 Å². The lowest BCUT2D eigenvalue weighted by Crippen LogP contribution is -2.46. The van der Waals surface area contributed by atoms with Gasteiger partial charge in [-0.05, 0) is 26.3 Å². The van der Waals surface area contributed by atoms with Crippen molar-refractivity contribution >= 4 is 28.1 Å². The van der Waals surface area contributed by atoms with Gasteiger partial charge in [0.05, 0.1) is 0 Å². The summed E-state index contributed by atoms with van der Waals surface area (Å²) >= 11 is 7.49. The lowest BCUT2D eigenvalue weighted by atomic mass is 10.1. The fraction of sp³-hybridized carbons (Fsp3) is 0.700. The van der Waals surface area contributed by atoms with Crippen LogP contribution < -0.4 is 10.2 Å². The van der Waals surface area contributed by atoms with Crippen molar-refractivity contribution in [3.05, 3.63) is 10.5 Å². The van der Waals surface area contributed by atoms with Gasteiger partial charge in [0.2, 0.25) is 0 Å². The van der Waals surface area contributed by atoms with Crippen molar-refractivity contribution in [1.29, 1.82) is 0 Å². The summed E-state index contributed by atoms with van der Waals surface area (Å²) in [5.41, 5.74) is 0. The van der Waals surface area contributed by atoms with Gasteiger partial charge in [-0.15, -0.1) is 11.3 Å². The Morgan fingerprint density at radius 3 is 3.13 bits per heavy atom. The van der Waals surface area contributed by atoms with Crippen molar-refractivity contribution in [1.82, 2.24) is 10.3 Å². The van der Waals surface area contributed by atoms with Crippen molar-refractivity contribution in [2.24, 2.45) is 0 Å². The van der Waals surface area contributed by atoms with E-state index in [0.29, 0.717) is 11.2 Å². The Morgan fingerprint density at radius 1 is 1.73 bits per heavy atom. The maximum atomic E-state index is 5.86. The van der Waals surface area contributed by atoms with Gasteiger partial charge < -0.3 is 10.2 Å². The minimum Gasteiger partial charge on any atom is -0.344 e. The van der Waals surface area contributed by atoms with Crippen LogP contribution in [0.3, 0.4) is 0 Å². The Hall–Kier alpha value is -0.320. The minimum atomic E-state index is 0.575. The normalized spacial score (nSPS) is 21.6. The van der Waals surface area contributed by atoms with E-state index in [1.807, 2.05) is 5.38 Å². The molecule has 1 aromatic heterocycles.